The SMILES string of the molecule is COc1ccc(-c2cnc(N)nc2[C@H]2CCCN2C(=O)C2CCC2)cc1. The lowest BCUT2D eigenvalue weighted by atomic mass is 9.84. The fraction of sp³-hybridized carbons (Fsp3) is 0.450. The zero-order chi connectivity index (χ0) is 18.1. The van der Waals surface area contributed by atoms with Crippen LogP contribution in [0.4, 0.5) is 5.95 Å². The van der Waals surface area contributed by atoms with Gasteiger partial charge in [0.1, 0.15) is 5.75 Å². The predicted molar refractivity (Wildman–Crippen MR) is 99.5 cm³/mol. The van der Waals surface area contributed by atoms with Gasteiger partial charge in [0.05, 0.1) is 18.8 Å². The van der Waals surface area contributed by atoms with E-state index in [4.69, 9.17) is 10.5 Å². The molecule has 0 bridgehead atoms. The van der Waals surface area contributed by atoms with Crippen molar-refractivity contribution in [3.63, 3.8) is 0 Å². The standard InChI is InChI=1S/C20H24N4O2/c1-26-15-9-7-13(8-10-15)16-12-22-20(21)23-18(16)17-6-3-11-24(17)19(25)14-4-2-5-14/h7-10,12,14,17H,2-6,11H2,1H3,(H2,21,22,23)/t17-/m1/s1. The molecule has 136 valence electrons. The molecule has 1 saturated carbocycles. The van der Waals surface area contributed by atoms with Gasteiger partial charge in [-0.25, -0.2) is 9.97 Å². The van der Waals surface area contributed by atoms with Gasteiger partial charge >= 0.3 is 0 Å². The molecule has 1 aromatic carbocycles. The molecule has 0 spiro atoms. The second kappa shape index (κ2) is 6.94. The van der Waals surface area contributed by atoms with Crippen molar-refractivity contribution in [3.05, 3.63) is 36.2 Å². The van der Waals surface area contributed by atoms with Crippen LogP contribution in [0.25, 0.3) is 11.1 Å². The molecule has 6 nitrogen and oxygen atoms in total. The number of nitrogen functional groups attached to an aromatic ring is 1. The van der Waals surface area contributed by atoms with Crippen LogP contribution >= 0.6 is 0 Å². The predicted octanol–water partition coefficient (Wildman–Crippen LogP) is 3.20. The molecule has 1 amide bonds. The van der Waals surface area contributed by atoms with Crippen molar-refractivity contribution in [1.29, 1.82) is 0 Å². The molecule has 1 aromatic heterocycles. The maximum atomic E-state index is 12.9. The first-order chi connectivity index (χ1) is 12.7. The summed E-state index contributed by atoms with van der Waals surface area (Å²) in [5, 5.41) is 0. The Morgan fingerprint density at radius 3 is 2.62 bits per heavy atom. The number of hydrogen-bond donors (Lipinski definition) is 1. The van der Waals surface area contributed by atoms with E-state index in [0.717, 1.165) is 61.2 Å². The number of carbonyl (C=O) groups excluding carboxylic acids is 1. The van der Waals surface area contributed by atoms with Gasteiger partial charge in [-0.3, -0.25) is 4.79 Å². The summed E-state index contributed by atoms with van der Waals surface area (Å²) in [4.78, 5) is 23.6. The summed E-state index contributed by atoms with van der Waals surface area (Å²) in [7, 11) is 1.65. The quantitative estimate of drug-likeness (QED) is 0.914. The van der Waals surface area contributed by atoms with Crippen molar-refractivity contribution < 1.29 is 9.53 Å². The van der Waals surface area contributed by atoms with E-state index in [1.54, 1.807) is 13.3 Å². The average Bonchev–Trinajstić information content (AvgIpc) is 3.10. The normalized spacial score (nSPS) is 20.0. The fourth-order valence-corrected chi connectivity index (χ4v) is 3.86. The number of hydrogen-bond acceptors (Lipinski definition) is 5. The third-order valence-corrected chi connectivity index (χ3v) is 5.54. The van der Waals surface area contributed by atoms with E-state index < -0.39 is 0 Å². The number of aromatic nitrogens is 2. The van der Waals surface area contributed by atoms with Crippen molar-refractivity contribution in [3.8, 4) is 16.9 Å². The molecule has 1 saturated heterocycles. The summed E-state index contributed by atoms with van der Waals surface area (Å²) >= 11 is 0. The molecule has 26 heavy (non-hydrogen) atoms. The van der Waals surface area contributed by atoms with Crippen LogP contribution in [0.3, 0.4) is 0 Å². The largest absolute Gasteiger partial charge is 0.497 e. The number of anilines is 1. The number of carbonyl (C=O) groups is 1. The van der Waals surface area contributed by atoms with Gasteiger partial charge < -0.3 is 15.4 Å². The molecule has 2 N–H and O–H groups in total. The maximum Gasteiger partial charge on any atom is 0.226 e. The van der Waals surface area contributed by atoms with Crippen LogP contribution in [0.1, 0.15) is 43.8 Å². The number of ether oxygens (including phenoxy) is 1. The molecular weight excluding hydrogens is 328 g/mol. The van der Waals surface area contributed by atoms with Crippen LogP contribution in [-0.4, -0.2) is 34.4 Å². The summed E-state index contributed by atoms with van der Waals surface area (Å²) in [6.45, 7) is 0.798. The Kier molecular flexibility index (Phi) is 4.49. The summed E-state index contributed by atoms with van der Waals surface area (Å²) in [5.41, 5.74) is 8.68. The minimum atomic E-state index is -0.0227. The number of methoxy groups -OCH3 is 1. The van der Waals surface area contributed by atoms with Crippen LogP contribution in [0.5, 0.6) is 5.75 Å². The molecule has 2 aromatic rings. The molecule has 1 aliphatic heterocycles. The molecule has 1 atom stereocenters. The van der Waals surface area contributed by atoms with E-state index >= 15 is 0 Å². The second-order valence-electron chi connectivity index (χ2n) is 7.07. The number of likely N-dealkylation sites (tertiary alicyclic amines) is 1. The lowest BCUT2D eigenvalue weighted by Gasteiger charge is -2.33. The Morgan fingerprint density at radius 1 is 1.19 bits per heavy atom. The van der Waals surface area contributed by atoms with Gasteiger partial charge in [-0.2, -0.15) is 0 Å². The average molecular weight is 352 g/mol. The van der Waals surface area contributed by atoms with E-state index in [1.165, 1.54) is 0 Å². The second-order valence-corrected chi connectivity index (χ2v) is 7.07. The molecule has 2 aliphatic rings. The van der Waals surface area contributed by atoms with Crippen molar-refractivity contribution in [2.75, 3.05) is 19.4 Å². The molecule has 2 fully saturated rings. The Balaban J connectivity index is 1.70. The minimum absolute atomic E-state index is 0.0227. The summed E-state index contributed by atoms with van der Waals surface area (Å²) in [6, 6.07) is 7.79. The number of benzene rings is 1. The Morgan fingerprint density at radius 2 is 1.96 bits per heavy atom. The highest BCUT2D eigenvalue weighted by Gasteiger charge is 2.37. The lowest BCUT2D eigenvalue weighted by Crippen LogP contribution is -2.38. The number of nitrogens with zero attached hydrogens (tertiary/aromatic N) is 3. The summed E-state index contributed by atoms with van der Waals surface area (Å²) < 4.78 is 5.24. The van der Waals surface area contributed by atoms with Crippen molar-refractivity contribution in [2.24, 2.45) is 5.92 Å². The monoisotopic (exact) mass is 352 g/mol. The highest BCUT2D eigenvalue weighted by Crippen LogP contribution is 2.40. The minimum Gasteiger partial charge on any atom is -0.497 e. The van der Waals surface area contributed by atoms with Gasteiger partial charge in [0.25, 0.3) is 0 Å². The Labute approximate surface area is 153 Å². The topological polar surface area (TPSA) is 81.3 Å². The summed E-state index contributed by atoms with van der Waals surface area (Å²) in [6.07, 6.45) is 6.86. The third kappa shape index (κ3) is 3.00. The van der Waals surface area contributed by atoms with E-state index in [2.05, 4.69) is 9.97 Å². The maximum absolute atomic E-state index is 12.9. The zero-order valence-electron chi connectivity index (χ0n) is 15.0. The van der Waals surface area contributed by atoms with Crippen LogP contribution in [0.15, 0.2) is 30.5 Å². The van der Waals surface area contributed by atoms with Crippen LogP contribution in [-0.2, 0) is 4.79 Å². The number of amides is 1. The Hall–Kier alpha value is -2.63. The van der Waals surface area contributed by atoms with Crippen LogP contribution in [0.2, 0.25) is 0 Å². The van der Waals surface area contributed by atoms with Crippen molar-refractivity contribution >= 4 is 11.9 Å². The molecule has 0 unspecified atom stereocenters. The van der Waals surface area contributed by atoms with Gasteiger partial charge in [-0.15, -0.1) is 0 Å². The first-order valence-corrected chi connectivity index (χ1v) is 9.24. The van der Waals surface area contributed by atoms with Gasteiger partial charge in [0, 0.05) is 24.2 Å². The lowest BCUT2D eigenvalue weighted by molar-refractivity contribution is -0.139. The van der Waals surface area contributed by atoms with E-state index in [9.17, 15) is 4.79 Å². The van der Waals surface area contributed by atoms with Gasteiger partial charge in [-0.1, -0.05) is 18.6 Å². The highest BCUT2D eigenvalue weighted by molar-refractivity contribution is 5.81. The van der Waals surface area contributed by atoms with E-state index in [0.29, 0.717) is 0 Å². The molecule has 2 heterocycles. The number of nitrogens with two attached hydrogens (primary N) is 1. The van der Waals surface area contributed by atoms with Gasteiger partial charge in [0.15, 0.2) is 0 Å². The number of rotatable bonds is 4. The fourth-order valence-electron chi connectivity index (χ4n) is 3.86. The van der Waals surface area contributed by atoms with E-state index in [-0.39, 0.29) is 23.8 Å². The molecule has 0 radical (unpaired) electrons. The smallest absolute Gasteiger partial charge is 0.226 e. The molecular formula is C20H24N4O2. The van der Waals surface area contributed by atoms with Crippen LogP contribution < -0.4 is 10.5 Å². The van der Waals surface area contributed by atoms with Crippen LogP contribution in [0, 0.1) is 5.92 Å². The Bertz CT molecular complexity index is 802. The molecule has 1 aliphatic carbocycles. The van der Waals surface area contributed by atoms with Gasteiger partial charge in [0.2, 0.25) is 11.9 Å². The third-order valence-electron chi connectivity index (χ3n) is 5.54. The molecule has 6 heteroatoms. The van der Waals surface area contributed by atoms with Crippen molar-refractivity contribution in [2.45, 2.75) is 38.1 Å². The zero-order valence-corrected chi connectivity index (χ0v) is 15.0. The highest BCUT2D eigenvalue weighted by atomic mass is 16.5. The first kappa shape index (κ1) is 16.8. The van der Waals surface area contributed by atoms with E-state index in [1.807, 2.05) is 29.2 Å². The first-order valence-electron chi connectivity index (χ1n) is 9.24. The van der Waals surface area contributed by atoms with Crippen molar-refractivity contribution in [1.82, 2.24) is 14.9 Å². The molecule has 4 rings (SSSR count). The summed E-state index contributed by atoms with van der Waals surface area (Å²) in [5.74, 6) is 1.52. The van der Waals surface area contributed by atoms with Gasteiger partial charge in [-0.05, 0) is 43.4 Å².